The molecule has 0 saturated carbocycles. The molecule has 0 aliphatic rings. The first-order valence-corrected chi connectivity index (χ1v) is 12.7. The maximum Gasteiger partial charge on any atom is 0.253 e. The zero-order valence-corrected chi connectivity index (χ0v) is 20.3. The molecule has 0 bridgehead atoms. The lowest BCUT2D eigenvalue weighted by molar-refractivity contribution is -0.113. The van der Waals surface area contributed by atoms with Gasteiger partial charge in [0.1, 0.15) is 6.33 Å². The zero-order valence-electron chi connectivity index (χ0n) is 18.7. The zero-order chi connectivity index (χ0) is 23.8. The van der Waals surface area contributed by atoms with E-state index in [-0.39, 0.29) is 23.6 Å². The van der Waals surface area contributed by atoms with Gasteiger partial charge in [0.15, 0.2) is 5.16 Å². The summed E-state index contributed by atoms with van der Waals surface area (Å²) in [5.41, 5.74) is 1.91. The standard InChI is InChI=1S/C25H25N5O2S2/c1-18(19-8-3-2-4-9-19)27-24(32)21-11-5-6-12-22(21)28-23(31)16-34-25-29-26-17-30(25)14-13-20-10-7-15-33-20/h2-12,15,17-18H,13-14,16H2,1H3,(H,27,32)(H,28,31). The first kappa shape index (κ1) is 23.7. The van der Waals surface area contributed by atoms with Crippen molar-refractivity contribution in [1.82, 2.24) is 20.1 Å². The molecular formula is C25H25N5O2S2. The van der Waals surface area contributed by atoms with Crippen molar-refractivity contribution in [2.45, 2.75) is 31.1 Å². The second kappa shape index (κ2) is 11.6. The van der Waals surface area contributed by atoms with Gasteiger partial charge in [-0.25, -0.2) is 0 Å². The Labute approximate surface area is 206 Å². The summed E-state index contributed by atoms with van der Waals surface area (Å²) in [6.45, 7) is 2.68. The lowest BCUT2D eigenvalue weighted by Crippen LogP contribution is -2.28. The Morgan fingerprint density at radius 3 is 2.65 bits per heavy atom. The van der Waals surface area contributed by atoms with Crippen LogP contribution in [0, 0.1) is 0 Å². The summed E-state index contributed by atoms with van der Waals surface area (Å²) in [5.74, 6) is -0.295. The van der Waals surface area contributed by atoms with Gasteiger partial charge in [-0.2, -0.15) is 0 Å². The quantitative estimate of drug-likeness (QED) is 0.311. The van der Waals surface area contributed by atoms with Crippen LogP contribution in [0.15, 0.2) is 83.6 Å². The van der Waals surface area contributed by atoms with Gasteiger partial charge in [0.25, 0.3) is 5.91 Å². The van der Waals surface area contributed by atoms with Gasteiger partial charge < -0.3 is 15.2 Å². The maximum absolute atomic E-state index is 12.9. The largest absolute Gasteiger partial charge is 0.345 e. The monoisotopic (exact) mass is 491 g/mol. The second-order valence-corrected chi connectivity index (χ2v) is 9.60. The van der Waals surface area contributed by atoms with Crippen LogP contribution >= 0.6 is 23.1 Å². The Bertz CT molecular complexity index is 1230. The maximum atomic E-state index is 12.9. The predicted octanol–water partition coefficient (Wildman–Crippen LogP) is 4.80. The van der Waals surface area contributed by atoms with Crippen LogP contribution in [-0.4, -0.2) is 32.3 Å². The van der Waals surface area contributed by atoms with Gasteiger partial charge in [-0.1, -0.05) is 60.3 Å². The van der Waals surface area contributed by atoms with Crippen molar-refractivity contribution in [3.8, 4) is 0 Å². The average Bonchev–Trinajstić information content (AvgIpc) is 3.54. The van der Waals surface area contributed by atoms with Crippen LogP contribution in [0.2, 0.25) is 0 Å². The highest BCUT2D eigenvalue weighted by molar-refractivity contribution is 7.99. The molecule has 1 atom stereocenters. The number of nitrogens with one attached hydrogen (secondary N) is 2. The Morgan fingerprint density at radius 2 is 1.85 bits per heavy atom. The first-order valence-electron chi connectivity index (χ1n) is 10.9. The fourth-order valence-electron chi connectivity index (χ4n) is 3.40. The molecule has 2 heterocycles. The molecule has 4 aromatic rings. The van der Waals surface area contributed by atoms with Gasteiger partial charge >= 0.3 is 0 Å². The van der Waals surface area contributed by atoms with Crippen molar-refractivity contribution < 1.29 is 9.59 Å². The number of hydrogen-bond donors (Lipinski definition) is 2. The molecule has 2 aromatic carbocycles. The van der Waals surface area contributed by atoms with Crippen molar-refractivity contribution in [3.05, 3.63) is 94.4 Å². The fourth-order valence-corrected chi connectivity index (χ4v) is 4.84. The number of aromatic nitrogens is 3. The van der Waals surface area contributed by atoms with Crippen molar-refractivity contribution in [3.63, 3.8) is 0 Å². The van der Waals surface area contributed by atoms with Crippen LogP contribution in [0.3, 0.4) is 0 Å². The third-order valence-corrected chi connectivity index (χ3v) is 7.10. The number of amides is 2. The third-order valence-electron chi connectivity index (χ3n) is 5.18. The molecule has 9 heteroatoms. The molecule has 7 nitrogen and oxygen atoms in total. The summed E-state index contributed by atoms with van der Waals surface area (Å²) in [5, 5.41) is 16.7. The second-order valence-electron chi connectivity index (χ2n) is 7.62. The van der Waals surface area contributed by atoms with Crippen molar-refractivity contribution in [2.24, 2.45) is 0 Å². The minimum absolute atomic E-state index is 0.159. The van der Waals surface area contributed by atoms with Crippen LogP contribution in [0.25, 0.3) is 0 Å². The van der Waals surface area contributed by atoms with Gasteiger partial charge in [0, 0.05) is 11.4 Å². The van der Waals surface area contributed by atoms with E-state index in [4.69, 9.17) is 0 Å². The number of thiophene rings is 1. The minimum atomic E-state index is -0.242. The van der Waals surface area contributed by atoms with E-state index in [0.29, 0.717) is 16.4 Å². The molecule has 2 N–H and O–H groups in total. The van der Waals surface area contributed by atoms with Gasteiger partial charge in [-0.3, -0.25) is 9.59 Å². The van der Waals surface area contributed by atoms with Crippen LogP contribution in [0.1, 0.15) is 33.8 Å². The van der Waals surface area contributed by atoms with E-state index >= 15 is 0 Å². The fraction of sp³-hybridized carbons (Fsp3) is 0.200. The number of carbonyl (C=O) groups is 2. The molecule has 0 spiro atoms. The Morgan fingerprint density at radius 1 is 1.06 bits per heavy atom. The number of aryl methyl sites for hydroxylation is 2. The molecule has 0 radical (unpaired) electrons. The van der Waals surface area contributed by atoms with Crippen LogP contribution in [0.5, 0.6) is 0 Å². The number of anilines is 1. The Kier molecular flexibility index (Phi) is 8.11. The Hall–Kier alpha value is -3.43. The van der Waals surface area contributed by atoms with Gasteiger partial charge in [0.05, 0.1) is 23.0 Å². The average molecular weight is 492 g/mol. The summed E-state index contributed by atoms with van der Waals surface area (Å²) in [4.78, 5) is 26.9. The van der Waals surface area contributed by atoms with Crippen LogP contribution in [0.4, 0.5) is 5.69 Å². The number of rotatable bonds is 10. The third kappa shape index (κ3) is 6.33. The van der Waals surface area contributed by atoms with E-state index in [9.17, 15) is 9.59 Å². The van der Waals surface area contributed by atoms with E-state index < -0.39 is 0 Å². The van der Waals surface area contributed by atoms with E-state index in [2.05, 4.69) is 32.3 Å². The van der Waals surface area contributed by atoms with Crippen LogP contribution < -0.4 is 10.6 Å². The number of carbonyl (C=O) groups excluding carboxylic acids is 2. The van der Waals surface area contributed by atoms with Gasteiger partial charge in [-0.15, -0.1) is 21.5 Å². The van der Waals surface area contributed by atoms with Gasteiger partial charge in [-0.05, 0) is 42.5 Å². The summed E-state index contributed by atoms with van der Waals surface area (Å²) < 4.78 is 1.95. The highest BCUT2D eigenvalue weighted by Crippen LogP contribution is 2.20. The topological polar surface area (TPSA) is 88.9 Å². The summed E-state index contributed by atoms with van der Waals surface area (Å²) >= 11 is 3.04. The normalized spacial score (nSPS) is 11.7. The molecule has 0 saturated heterocycles. The molecule has 2 aromatic heterocycles. The molecule has 1 unspecified atom stereocenters. The van der Waals surface area contributed by atoms with Gasteiger partial charge in [0.2, 0.25) is 5.91 Å². The molecule has 2 amide bonds. The highest BCUT2D eigenvalue weighted by atomic mass is 32.2. The van der Waals surface area contributed by atoms with E-state index in [0.717, 1.165) is 18.5 Å². The number of para-hydroxylation sites is 1. The SMILES string of the molecule is CC(NC(=O)c1ccccc1NC(=O)CSc1nncn1CCc1cccs1)c1ccccc1. The van der Waals surface area contributed by atoms with Crippen molar-refractivity contribution in [1.29, 1.82) is 0 Å². The first-order chi connectivity index (χ1) is 16.6. The smallest absolute Gasteiger partial charge is 0.253 e. The molecule has 34 heavy (non-hydrogen) atoms. The molecule has 174 valence electrons. The number of thioether (sulfide) groups is 1. The van der Waals surface area contributed by atoms with Crippen molar-refractivity contribution in [2.75, 3.05) is 11.1 Å². The van der Waals surface area contributed by atoms with Crippen molar-refractivity contribution >= 4 is 40.6 Å². The van der Waals surface area contributed by atoms with E-state index in [1.54, 1.807) is 41.9 Å². The summed E-state index contributed by atoms with van der Waals surface area (Å²) in [7, 11) is 0. The summed E-state index contributed by atoms with van der Waals surface area (Å²) in [6.07, 6.45) is 2.57. The predicted molar refractivity (Wildman–Crippen MR) is 136 cm³/mol. The number of benzene rings is 2. The van der Waals surface area contributed by atoms with E-state index in [1.807, 2.05) is 47.9 Å². The molecule has 0 aliphatic heterocycles. The molecular weight excluding hydrogens is 466 g/mol. The number of hydrogen-bond acceptors (Lipinski definition) is 6. The highest BCUT2D eigenvalue weighted by Gasteiger charge is 2.17. The molecule has 0 fully saturated rings. The Balaban J connectivity index is 1.33. The summed E-state index contributed by atoms with van der Waals surface area (Å²) in [6, 6.07) is 20.7. The lowest BCUT2D eigenvalue weighted by atomic mass is 10.1. The molecule has 0 aliphatic carbocycles. The van der Waals surface area contributed by atoms with E-state index in [1.165, 1.54) is 16.6 Å². The molecule has 4 rings (SSSR count). The minimum Gasteiger partial charge on any atom is -0.345 e. The number of nitrogens with zero attached hydrogens (tertiary/aromatic N) is 3. The van der Waals surface area contributed by atoms with Crippen LogP contribution in [-0.2, 0) is 17.8 Å². The lowest BCUT2D eigenvalue weighted by Gasteiger charge is -2.16.